The molecule has 152 valence electrons. The second-order valence-corrected chi connectivity index (χ2v) is 7.00. The van der Waals surface area contributed by atoms with Crippen LogP contribution in [0.3, 0.4) is 0 Å². The van der Waals surface area contributed by atoms with Crippen molar-refractivity contribution in [1.29, 1.82) is 0 Å². The van der Waals surface area contributed by atoms with Crippen molar-refractivity contribution in [3.05, 3.63) is 65.2 Å². The molecule has 0 aliphatic carbocycles. The predicted molar refractivity (Wildman–Crippen MR) is 108 cm³/mol. The van der Waals surface area contributed by atoms with Gasteiger partial charge >= 0.3 is 11.8 Å². The summed E-state index contributed by atoms with van der Waals surface area (Å²) in [4.78, 5) is 40.0. The zero-order chi connectivity index (χ0) is 20.8. The molecule has 0 bridgehead atoms. The van der Waals surface area contributed by atoms with Crippen LogP contribution in [0.5, 0.6) is 5.75 Å². The molecule has 2 aromatic carbocycles. The van der Waals surface area contributed by atoms with Crippen molar-refractivity contribution in [2.75, 3.05) is 26.7 Å². The highest BCUT2D eigenvalue weighted by Gasteiger charge is 2.33. The first kappa shape index (κ1) is 20.4. The van der Waals surface area contributed by atoms with Crippen LogP contribution in [0.4, 0.5) is 0 Å². The van der Waals surface area contributed by atoms with Gasteiger partial charge in [-0.2, -0.15) is 0 Å². The van der Waals surface area contributed by atoms with Gasteiger partial charge in [-0.05, 0) is 35.7 Å². The molecule has 0 spiro atoms. The van der Waals surface area contributed by atoms with E-state index in [1.165, 1.54) is 9.80 Å². The lowest BCUT2D eigenvalue weighted by atomic mass is 10.1. The Morgan fingerprint density at radius 3 is 2.34 bits per heavy atom. The maximum Gasteiger partial charge on any atom is 0.312 e. The van der Waals surface area contributed by atoms with Crippen molar-refractivity contribution in [2.45, 2.75) is 20.0 Å². The van der Waals surface area contributed by atoms with Crippen molar-refractivity contribution in [3.63, 3.8) is 0 Å². The second-order valence-electron chi connectivity index (χ2n) is 7.00. The third kappa shape index (κ3) is 5.13. The highest BCUT2D eigenvalue weighted by molar-refractivity contribution is 6.35. The maximum atomic E-state index is 12.5. The molecule has 1 N–H and O–H groups in total. The van der Waals surface area contributed by atoms with Gasteiger partial charge in [0.15, 0.2) is 0 Å². The van der Waals surface area contributed by atoms with Gasteiger partial charge in [-0.3, -0.25) is 14.4 Å². The van der Waals surface area contributed by atoms with Crippen LogP contribution in [0, 0.1) is 6.92 Å². The number of benzene rings is 2. The molecule has 2 aromatic rings. The van der Waals surface area contributed by atoms with Gasteiger partial charge in [-0.1, -0.05) is 36.4 Å². The molecule has 1 saturated heterocycles. The lowest BCUT2D eigenvalue weighted by molar-refractivity contribution is -0.157. The first-order chi connectivity index (χ1) is 14.0. The van der Waals surface area contributed by atoms with Gasteiger partial charge in [0.05, 0.1) is 7.11 Å². The number of hydrogen-bond acceptors (Lipinski definition) is 4. The molecule has 7 heteroatoms. The van der Waals surface area contributed by atoms with Crippen LogP contribution in [-0.4, -0.2) is 54.3 Å². The minimum absolute atomic E-state index is 0.126. The minimum atomic E-state index is -0.635. The second kappa shape index (κ2) is 9.23. The Balaban J connectivity index is 1.50. The summed E-state index contributed by atoms with van der Waals surface area (Å²) in [5, 5.41) is 2.78. The van der Waals surface area contributed by atoms with Gasteiger partial charge < -0.3 is 19.9 Å². The number of hydrogen-bond donors (Lipinski definition) is 1. The molecule has 1 aliphatic rings. The number of nitrogens with one attached hydrogen (secondary N) is 1. The van der Waals surface area contributed by atoms with Crippen molar-refractivity contribution >= 4 is 17.7 Å². The van der Waals surface area contributed by atoms with Crippen molar-refractivity contribution in [1.82, 2.24) is 15.1 Å². The number of aryl methyl sites for hydroxylation is 1. The number of nitrogens with zero attached hydrogens (tertiary/aromatic N) is 2. The van der Waals surface area contributed by atoms with Gasteiger partial charge in [0, 0.05) is 26.2 Å². The van der Waals surface area contributed by atoms with Crippen LogP contribution in [-0.2, 0) is 27.5 Å². The van der Waals surface area contributed by atoms with Gasteiger partial charge in [0.25, 0.3) is 0 Å². The number of amides is 3. The fraction of sp³-hybridized carbons (Fsp3) is 0.318. The summed E-state index contributed by atoms with van der Waals surface area (Å²) in [6.07, 6.45) is 0. The van der Waals surface area contributed by atoms with E-state index in [0.29, 0.717) is 26.2 Å². The van der Waals surface area contributed by atoms with E-state index in [9.17, 15) is 14.4 Å². The van der Waals surface area contributed by atoms with E-state index >= 15 is 0 Å². The molecule has 0 saturated carbocycles. The lowest BCUT2D eigenvalue weighted by Crippen LogP contribution is -2.55. The molecular formula is C22H25N3O4. The van der Waals surface area contributed by atoms with Crippen LogP contribution in [0.15, 0.2) is 48.5 Å². The Hall–Kier alpha value is -3.35. The highest BCUT2D eigenvalue weighted by atomic mass is 16.5. The van der Waals surface area contributed by atoms with Crippen LogP contribution >= 0.6 is 0 Å². The zero-order valence-electron chi connectivity index (χ0n) is 16.7. The number of piperazine rings is 1. The van der Waals surface area contributed by atoms with Crippen molar-refractivity contribution < 1.29 is 19.1 Å². The van der Waals surface area contributed by atoms with Gasteiger partial charge in [0.1, 0.15) is 12.3 Å². The molecule has 29 heavy (non-hydrogen) atoms. The Labute approximate surface area is 170 Å². The molecule has 0 aromatic heterocycles. The molecule has 0 unspecified atom stereocenters. The first-order valence-corrected chi connectivity index (χ1v) is 9.50. The number of rotatable bonds is 7. The molecule has 1 heterocycles. The predicted octanol–water partition coefficient (Wildman–Crippen LogP) is 1.49. The third-order valence-electron chi connectivity index (χ3n) is 5.00. The van der Waals surface area contributed by atoms with E-state index in [-0.39, 0.29) is 12.5 Å². The molecule has 3 rings (SSSR count). The summed E-state index contributed by atoms with van der Waals surface area (Å²) in [6, 6.07) is 15.1. The summed E-state index contributed by atoms with van der Waals surface area (Å²) in [7, 11) is 1.59. The van der Waals surface area contributed by atoms with E-state index < -0.39 is 11.8 Å². The van der Waals surface area contributed by atoms with Gasteiger partial charge in [-0.25, -0.2) is 0 Å². The normalized spacial score (nSPS) is 14.1. The molecule has 1 aliphatic heterocycles. The Bertz CT molecular complexity index is 895. The Morgan fingerprint density at radius 2 is 1.66 bits per heavy atom. The molecule has 1 fully saturated rings. The quantitative estimate of drug-likeness (QED) is 0.721. The number of ether oxygens (including phenoxy) is 1. The van der Waals surface area contributed by atoms with Crippen molar-refractivity contribution in [2.24, 2.45) is 0 Å². The maximum absolute atomic E-state index is 12.5. The minimum Gasteiger partial charge on any atom is -0.497 e. The summed E-state index contributed by atoms with van der Waals surface area (Å²) in [5.74, 6) is -0.756. The zero-order valence-corrected chi connectivity index (χ0v) is 16.7. The number of carbonyl (C=O) groups is 3. The standard InChI is InChI=1S/C22H25N3O4/c1-16-5-3-4-6-18(16)14-24-11-12-25(22(28)21(24)27)15-20(26)23-13-17-7-9-19(29-2)10-8-17/h3-10H,11-15H2,1-2H3,(H,23,26). The van der Waals surface area contributed by atoms with Crippen LogP contribution < -0.4 is 10.1 Å². The summed E-state index contributed by atoms with van der Waals surface area (Å²) in [5.41, 5.74) is 3.01. The Morgan fingerprint density at radius 1 is 1.00 bits per heavy atom. The smallest absolute Gasteiger partial charge is 0.312 e. The highest BCUT2D eigenvalue weighted by Crippen LogP contribution is 2.14. The molecule has 0 atom stereocenters. The van der Waals surface area contributed by atoms with Gasteiger partial charge in [-0.15, -0.1) is 0 Å². The van der Waals surface area contributed by atoms with Gasteiger partial charge in [0.2, 0.25) is 5.91 Å². The first-order valence-electron chi connectivity index (χ1n) is 9.50. The average molecular weight is 395 g/mol. The van der Waals surface area contributed by atoms with Crippen LogP contribution in [0.2, 0.25) is 0 Å². The number of methoxy groups -OCH3 is 1. The largest absolute Gasteiger partial charge is 0.497 e. The van der Waals surface area contributed by atoms with E-state index in [1.54, 1.807) is 7.11 Å². The SMILES string of the molecule is COc1ccc(CNC(=O)CN2CCN(Cc3ccccc3C)C(=O)C2=O)cc1. The number of carbonyl (C=O) groups excluding carboxylic acids is 3. The summed E-state index contributed by atoms with van der Waals surface area (Å²) >= 11 is 0. The Kier molecular flexibility index (Phi) is 6.49. The average Bonchev–Trinajstić information content (AvgIpc) is 2.74. The third-order valence-corrected chi connectivity index (χ3v) is 5.00. The van der Waals surface area contributed by atoms with E-state index in [0.717, 1.165) is 22.4 Å². The summed E-state index contributed by atoms with van der Waals surface area (Å²) < 4.78 is 5.10. The van der Waals surface area contributed by atoms with Crippen LogP contribution in [0.1, 0.15) is 16.7 Å². The lowest BCUT2D eigenvalue weighted by Gasteiger charge is -2.33. The molecular weight excluding hydrogens is 370 g/mol. The van der Waals surface area contributed by atoms with E-state index in [4.69, 9.17) is 4.74 Å². The van der Waals surface area contributed by atoms with Crippen LogP contribution in [0.25, 0.3) is 0 Å². The van der Waals surface area contributed by atoms with E-state index in [1.807, 2.05) is 55.5 Å². The fourth-order valence-electron chi connectivity index (χ4n) is 3.18. The van der Waals surface area contributed by atoms with Crippen molar-refractivity contribution in [3.8, 4) is 5.75 Å². The topological polar surface area (TPSA) is 79.0 Å². The fourth-order valence-corrected chi connectivity index (χ4v) is 3.18. The molecule has 3 amide bonds. The molecule has 0 radical (unpaired) electrons. The summed E-state index contributed by atoms with van der Waals surface area (Å²) in [6.45, 7) is 3.34. The van der Waals surface area contributed by atoms with E-state index in [2.05, 4.69) is 5.32 Å². The molecule has 7 nitrogen and oxygen atoms in total. The monoisotopic (exact) mass is 395 g/mol.